The first-order valence-corrected chi connectivity index (χ1v) is 7.24. The molecule has 0 aliphatic heterocycles. The molecule has 5 nitrogen and oxygen atoms in total. The molecule has 0 radical (unpaired) electrons. The van der Waals surface area contributed by atoms with Crippen LogP contribution in [0.1, 0.15) is 36.7 Å². The Morgan fingerprint density at radius 2 is 1.76 bits per heavy atom. The van der Waals surface area contributed by atoms with Crippen molar-refractivity contribution < 1.29 is 9.59 Å². The van der Waals surface area contributed by atoms with Gasteiger partial charge in [-0.15, -0.1) is 0 Å². The van der Waals surface area contributed by atoms with Crippen LogP contribution in [0.15, 0.2) is 24.3 Å². The van der Waals surface area contributed by atoms with Crippen molar-refractivity contribution in [3.05, 3.63) is 35.4 Å². The molecule has 0 bridgehead atoms. The van der Waals surface area contributed by atoms with E-state index in [0.717, 1.165) is 0 Å². The largest absolute Gasteiger partial charge is 0.389 e. The lowest BCUT2D eigenvalue weighted by Crippen LogP contribution is -2.42. The maximum absolute atomic E-state index is 12.4. The molecule has 0 atom stereocenters. The van der Waals surface area contributed by atoms with Gasteiger partial charge in [0.15, 0.2) is 0 Å². The fourth-order valence-corrected chi connectivity index (χ4v) is 1.96. The lowest BCUT2D eigenvalue weighted by molar-refractivity contribution is -0.122. The third-order valence-corrected chi connectivity index (χ3v) is 3.11. The molecule has 0 saturated carbocycles. The fraction of sp³-hybridized carbons (Fsp3) is 0.400. The number of hydrogen-bond acceptors (Lipinski definition) is 3. The van der Waals surface area contributed by atoms with Crippen LogP contribution in [-0.2, 0) is 4.79 Å². The van der Waals surface area contributed by atoms with Crippen LogP contribution in [-0.4, -0.2) is 40.8 Å². The summed E-state index contributed by atoms with van der Waals surface area (Å²) in [6.07, 6.45) is 0. The number of thiocarbonyl (C=S) groups is 1. The maximum Gasteiger partial charge on any atom is 0.254 e. The molecule has 1 rings (SSSR count). The molecule has 3 N–H and O–H groups in total. The van der Waals surface area contributed by atoms with Gasteiger partial charge in [-0.3, -0.25) is 9.59 Å². The summed E-state index contributed by atoms with van der Waals surface area (Å²) in [5.74, 6) is -0.356. The Kier molecular flexibility index (Phi) is 6.30. The topological polar surface area (TPSA) is 75.4 Å². The fourth-order valence-electron chi connectivity index (χ4n) is 1.83. The number of hydrogen-bond donors (Lipinski definition) is 2. The highest BCUT2D eigenvalue weighted by Crippen LogP contribution is 2.08. The van der Waals surface area contributed by atoms with E-state index in [4.69, 9.17) is 18.0 Å². The first-order chi connectivity index (χ1) is 9.85. The number of rotatable bonds is 6. The number of benzene rings is 1. The van der Waals surface area contributed by atoms with Crippen molar-refractivity contribution in [2.45, 2.75) is 26.8 Å². The van der Waals surface area contributed by atoms with Gasteiger partial charge in [0.05, 0.1) is 6.54 Å². The minimum absolute atomic E-state index is 0.0462. The Balaban J connectivity index is 2.78. The van der Waals surface area contributed by atoms with Gasteiger partial charge in [-0.1, -0.05) is 24.4 Å². The first-order valence-electron chi connectivity index (χ1n) is 6.83. The van der Waals surface area contributed by atoms with Gasteiger partial charge >= 0.3 is 0 Å². The molecule has 0 aromatic heterocycles. The number of carbonyl (C=O) groups excluding carboxylic acids is 2. The Morgan fingerprint density at radius 3 is 2.19 bits per heavy atom. The van der Waals surface area contributed by atoms with E-state index >= 15 is 0 Å². The van der Waals surface area contributed by atoms with Crippen LogP contribution in [0, 0.1) is 0 Å². The second-order valence-electron chi connectivity index (χ2n) is 4.98. The summed E-state index contributed by atoms with van der Waals surface area (Å²) in [4.78, 5) is 25.9. The van der Waals surface area contributed by atoms with E-state index < -0.39 is 0 Å². The van der Waals surface area contributed by atoms with Crippen molar-refractivity contribution in [2.75, 3.05) is 13.1 Å². The number of carbonyl (C=O) groups is 2. The zero-order valence-corrected chi connectivity index (χ0v) is 13.4. The molecule has 0 aliphatic rings. The number of nitrogens with one attached hydrogen (secondary N) is 1. The van der Waals surface area contributed by atoms with Gasteiger partial charge in [0, 0.05) is 23.7 Å². The minimum Gasteiger partial charge on any atom is -0.389 e. The van der Waals surface area contributed by atoms with Crippen LogP contribution in [0.25, 0.3) is 0 Å². The van der Waals surface area contributed by atoms with E-state index in [1.807, 2.05) is 20.8 Å². The van der Waals surface area contributed by atoms with Crippen molar-refractivity contribution in [1.29, 1.82) is 0 Å². The molecule has 0 saturated heterocycles. The van der Waals surface area contributed by atoms with Gasteiger partial charge in [0.2, 0.25) is 5.91 Å². The van der Waals surface area contributed by atoms with E-state index in [1.165, 1.54) is 4.90 Å². The van der Waals surface area contributed by atoms with Gasteiger partial charge in [0.25, 0.3) is 5.91 Å². The molecule has 1 aromatic carbocycles. The summed E-state index contributed by atoms with van der Waals surface area (Å²) >= 11 is 4.87. The molecular formula is C15H21N3O2S. The predicted molar refractivity (Wildman–Crippen MR) is 87.2 cm³/mol. The quantitative estimate of drug-likeness (QED) is 0.777. The highest BCUT2D eigenvalue weighted by molar-refractivity contribution is 7.80. The Morgan fingerprint density at radius 1 is 1.24 bits per heavy atom. The second-order valence-corrected chi connectivity index (χ2v) is 5.42. The smallest absolute Gasteiger partial charge is 0.254 e. The number of nitrogens with two attached hydrogens (primary N) is 1. The van der Waals surface area contributed by atoms with E-state index in [2.05, 4.69) is 5.32 Å². The van der Waals surface area contributed by atoms with Gasteiger partial charge in [0.1, 0.15) is 4.99 Å². The lowest BCUT2D eigenvalue weighted by atomic mass is 10.1. The molecule has 0 heterocycles. The highest BCUT2D eigenvalue weighted by Gasteiger charge is 2.17. The van der Waals surface area contributed by atoms with Crippen LogP contribution >= 0.6 is 12.2 Å². The van der Waals surface area contributed by atoms with Crippen molar-refractivity contribution in [2.24, 2.45) is 5.73 Å². The molecule has 0 fully saturated rings. The molecule has 21 heavy (non-hydrogen) atoms. The standard InChI is InChI=1S/C15H21N3O2S/c1-4-18(9-13(19)17-10(2)3)15(20)12-7-5-11(6-8-12)14(16)21/h5-8,10H,4,9H2,1-3H3,(H2,16,21)(H,17,19). The molecule has 114 valence electrons. The van der Waals surface area contributed by atoms with Crippen LogP contribution in [0.4, 0.5) is 0 Å². The third kappa shape index (κ3) is 5.15. The lowest BCUT2D eigenvalue weighted by Gasteiger charge is -2.21. The van der Waals surface area contributed by atoms with Gasteiger partial charge in [-0.2, -0.15) is 0 Å². The van der Waals surface area contributed by atoms with Crippen molar-refractivity contribution >= 4 is 29.0 Å². The zero-order chi connectivity index (χ0) is 16.0. The molecule has 1 aromatic rings. The van der Waals surface area contributed by atoms with Crippen LogP contribution in [0.5, 0.6) is 0 Å². The molecule has 6 heteroatoms. The van der Waals surface area contributed by atoms with Gasteiger partial charge < -0.3 is 16.0 Å². The molecule has 0 aliphatic carbocycles. The summed E-state index contributed by atoms with van der Waals surface area (Å²) in [7, 11) is 0. The zero-order valence-electron chi connectivity index (χ0n) is 12.6. The Labute approximate surface area is 130 Å². The normalized spacial score (nSPS) is 10.3. The molecular weight excluding hydrogens is 286 g/mol. The summed E-state index contributed by atoms with van der Waals surface area (Å²) in [6, 6.07) is 6.80. The van der Waals surface area contributed by atoms with Crippen LogP contribution < -0.4 is 11.1 Å². The average molecular weight is 307 g/mol. The Hall–Kier alpha value is -1.95. The SMILES string of the molecule is CCN(CC(=O)NC(C)C)C(=O)c1ccc(C(N)=S)cc1. The van der Waals surface area contributed by atoms with Crippen molar-refractivity contribution in [3.8, 4) is 0 Å². The summed E-state index contributed by atoms with van der Waals surface area (Å²) in [6.45, 7) is 6.10. The van der Waals surface area contributed by atoms with E-state index in [0.29, 0.717) is 17.7 Å². The second kappa shape index (κ2) is 7.73. The molecule has 0 spiro atoms. The van der Waals surface area contributed by atoms with Crippen molar-refractivity contribution in [1.82, 2.24) is 10.2 Å². The highest BCUT2D eigenvalue weighted by atomic mass is 32.1. The summed E-state index contributed by atoms with van der Waals surface area (Å²) in [5.41, 5.74) is 6.74. The number of amides is 2. The average Bonchev–Trinajstić information content (AvgIpc) is 2.43. The number of nitrogens with zero attached hydrogens (tertiary/aromatic N) is 1. The third-order valence-electron chi connectivity index (χ3n) is 2.87. The number of likely N-dealkylation sites (N-methyl/N-ethyl adjacent to an activating group) is 1. The summed E-state index contributed by atoms with van der Waals surface area (Å²) < 4.78 is 0. The van der Waals surface area contributed by atoms with Gasteiger partial charge in [-0.05, 0) is 32.9 Å². The summed E-state index contributed by atoms with van der Waals surface area (Å²) in [5, 5.41) is 2.77. The van der Waals surface area contributed by atoms with Crippen molar-refractivity contribution in [3.63, 3.8) is 0 Å². The van der Waals surface area contributed by atoms with E-state index in [9.17, 15) is 9.59 Å². The van der Waals surface area contributed by atoms with E-state index in [1.54, 1.807) is 24.3 Å². The van der Waals surface area contributed by atoms with Crippen LogP contribution in [0.2, 0.25) is 0 Å². The minimum atomic E-state index is -0.189. The molecule has 2 amide bonds. The van der Waals surface area contributed by atoms with Gasteiger partial charge in [-0.25, -0.2) is 0 Å². The maximum atomic E-state index is 12.4. The monoisotopic (exact) mass is 307 g/mol. The Bertz CT molecular complexity index is 526. The predicted octanol–water partition coefficient (Wildman–Crippen LogP) is 1.31. The van der Waals surface area contributed by atoms with E-state index in [-0.39, 0.29) is 29.4 Å². The van der Waals surface area contributed by atoms with Crippen LogP contribution in [0.3, 0.4) is 0 Å². The molecule has 0 unspecified atom stereocenters. The first kappa shape index (κ1) is 17.1.